The Hall–Kier alpha value is -3.92. The number of hydrogen-bond donors (Lipinski definition) is 8. The molecule has 0 fully saturated rings. The summed E-state index contributed by atoms with van der Waals surface area (Å²) in [5.74, 6) is -4.40. The van der Waals surface area contributed by atoms with Gasteiger partial charge >= 0.3 is 0 Å². The maximum Gasteiger partial charge on any atom is 0.245 e. The Balaban J connectivity index is 2.92. The summed E-state index contributed by atoms with van der Waals surface area (Å²) < 4.78 is 5.71. The van der Waals surface area contributed by atoms with Crippen LogP contribution >= 0.6 is 0 Å². The monoisotopic (exact) mass is 846 g/mol. The molecule has 1 aromatic carbocycles. The van der Waals surface area contributed by atoms with Gasteiger partial charge < -0.3 is 48.1 Å². The molecule has 3 amide bonds. The number of ether oxygens (including phenoxy) is 1. The summed E-state index contributed by atoms with van der Waals surface area (Å²) in [4.78, 5) is 71.9. The summed E-state index contributed by atoms with van der Waals surface area (Å²) in [6.45, 7) is 9.68. The fraction of sp³-hybridized carbons (Fsp3) is 0.733. The van der Waals surface area contributed by atoms with E-state index in [0.717, 1.165) is 18.4 Å². The smallest absolute Gasteiger partial charge is 0.245 e. The second-order valence-electron chi connectivity index (χ2n) is 16.7. The number of amides is 3. The lowest BCUT2D eigenvalue weighted by molar-refractivity contribution is -0.136. The summed E-state index contributed by atoms with van der Waals surface area (Å²) in [5, 5.41) is 28.2. The van der Waals surface area contributed by atoms with Gasteiger partial charge in [-0.25, -0.2) is 0 Å². The van der Waals surface area contributed by atoms with Gasteiger partial charge in [0.25, 0.3) is 0 Å². The number of unbranched alkanes of at least 4 members (excludes halogenated alkanes) is 9. The van der Waals surface area contributed by atoms with Crippen molar-refractivity contribution in [1.82, 2.24) is 16.0 Å². The molecule has 0 radical (unpaired) electrons. The molecule has 0 bridgehead atoms. The maximum atomic E-state index is 14.0. The van der Waals surface area contributed by atoms with E-state index < -0.39 is 65.6 Å². The van der Waals surface area contributed by atoms with Crippen molar-refractivity contribution in [2.75, 3.05) is 26.4 Å². The number of guanidine groups is 1. The molecule has 60 heavy (non-hydrogen) atoms. The minimum absolute atomic E-state index is 0.0343. The van der Waals surface area contributed by atoms with Crippen molar-refractivity contribution in [2.24, 2.45) is 39.9 Å². The van der Waals surface area contributed by atoms with Gasteiger partial charge in [-0.15, -0.1) is 0 Å². The molecule has 15 nitrogen and oxygen atoms in total. The highest BCUT2D eigenvalue weighted by atomic mass is 16.5. The number of aliphatic imine (C=N–C) groups is 1. The highest BCUT2D eigenvalue weighted by molar-refractivity contribution is 5.96. The van der Waals surface area contributed by atoms with Crippen LogP contribution in [0.5, 0.6) is 0 Å². The second kappa shape index (κ2) is 31.9. The summed E-state index contributed by atoms with van der Waals surface area (Å²) in [7, 11) is 0. The van der Waals surface area contributed by atoms with E-state index in [-0.39, 0.29) is 69.5 Å². The average molecular weight is 846 g/mol. The first-order valence-corrected chi connectivity index (χ1v) is 22.3. The van der Waals surface area contributed by atoms with Gasteiger partial charge in [-0.2, -0.15) is 0 Å². The maximum absolute atomic E-state index is 14.0. The number of rotatable bonds is 35. The van der Waals surface area contributed by atoms with Gasteiger partial charge in [0.1, 0.15) is 6.04 Å². The lowest BCUT2D eigenvalue weighted by atomic mass is 9.87. The summed E-state index contributed by atoms with van der Waals surface area (Å²) in [6, 6.07) is 4.76. The second-order valence-corrected chi connectivity index (χ2v) is 16.7. The zero-order valence-electron chi connectivity index (χ0n) is 37.2. The van der Waals surface area contributed by atoms with Crippen LogP contribution in [0.3, 0.4) is 0 Å². The number of carbonyl (C=O) groups is 5. The van der Waals surface area contributed by atoms with Crippen molar-refractivity contribution < 1.29 is 38.9 Å². The van der Waals surface area contributed by atoms with Gasteiger partial charge in [-0.1, -0.05) is 116 Å². The zero-order valence-corrected chi connectivity index (χ0v) is 37.2. The first kappa shape index (κ1) is 54.1. The van der Waals surface area contributed by atoms with Gasteiger partial charge in [-0.05, 0) is 56.4 Å². The Morgan fingerprint density at radius 3 is 1.88 bits per heavy atom. The molecule has 0 saturated heterocycles. The number of ketones is 2. The molecule has 1 aromatic rings. The van der Waals surface area contributed by atoms with E-state index in [9.17, 15) is 34.2 Å². The van der Waals surface area contributed by atoms with Crippen LogP contribution in [-0.4, -0.2) is 102 Å². The van der Waals surface area contributed by atoms with Crippen LogP contribution in [-0.2, 0) is 35.1 Å². The Labute approximate surface area is 359 Å². The van der Waals surface area contributed by atoms with E-state index >= 15 is 0 Å². The molecule has 1 unspecified atom stereocenters. The standard InChI is InChI=1S/C45H79N7O8/c1-6-7-8-9-10-11-12-13-14-18-25-60-26-23-36(46)43(58)52-41(33(5)54)44(59)51-40(31(2)3)39(56)29-35(28-34-20-16-15-17-21-34)42(57)50-37(22-19-24-49-45(47)48)38(55)27-32(4)30-53/h15-17,20-21,31-33,35-37,40-41,53-54H,6-14,18-19,22-30,46H2,1-5H3,(H,50,57)(H,51,59)(H,52,58)(H4,47,48,49)/t32-,33+,35+,36?,37-,40-,41-/m0/s1. The molecule has 11 N–H and O–H groups in total. The molecule has 0 spiro atoms. The number of hydrogen-bond acceptors (Lipinski definition) is 10. The van der Waals surface area contributed by atoms with Crippen LogP contribution in [0.4, 0.5) is 0 Å². The van der Waals surface area contributed by atoms with Crippen LogP contribution in [0.15, 0.2) is 35.3 Å². The molecule has 342 valence electrons. The molecule has 0 aromatic heterocycles. The lowest BCUT2D eigenvalue weighted by Crippen LogP contribution is -2.59. The average Bonchev–Trinajstić information content (AvgIpc) is 3.20. The van der Waals surface area contributed by atoms with Crippen molar-refractivity contribution in [3.05, 3.63) is 35.9 Å². The fourth-order valence-electron chi connectivity index (χ4n) is 6.85. The van der Waals surface area contributed by atoms with Gasteiger partial charge in [0.15, 0.2) is 17.5 Å². The van der Waals surface area contributed by atoms with Gasteiger partial charge in [0, 0.05) is 45.1 Å². The molecular weight excluding hydrogens is 767 g/mol. The Morgan fingerprint density at radius 1 is 0.717 bits per heavy atom. The molecule has 0 heterocycles. The molecular formula is C45H79N7O8. The van der Waals surface area contributed by atoms with Crippen molar-refractivity contribution in [2.45, 2.75) is 168 Å². The molecule has 1 rings (SSSR count). The number of Topliss-reactive ketones (excluding diaryl/α,β-unsaturated/α-hetero) is 2. The minimum Gasteiger partial charge on any atom is -0.396 e. The normalized spacial score (nSPS) is 14.9. The number of nitrogens with two attached hydrogens (primary N) is 3. The Bertz CT molecular complexity index is 1410. The summed E-state index contributed by atoms with van der Waals surface area (Å²) in [6.07, 6.45) is 11.7. The van der Waals surface area contributed by atoms with E-state index in [4.69, 9.17) is 21.9 Å². The van der Waals surface area contributed by atoms with Gasteiger partial charge in [-0.3, -0.25) is 29.0 Å². The van der Waals surface area contributed by atoms with E-state index in [1.54, 1.807) is 20.8 Å². The summed E-state index contributed by atoms with van der Waals surface area (Å²) in [5.41, 5.74) is 17.8. The van der Waals surface area contributed by atoms with Crippen molar-refractivity contribution in [1.29, 1.82) is 0 Å². The first-order chi connectivity index (χ1) is 28.6. The molecule has 0 aliphatic rings. The van der Waals surface area contributed by atoms with Crippen LogP contribution in [0.2, 0.25) is 0 Å². The third-order valence-electron chi connectivity index (χ3n) is 10.6. The van der Waals surface area contributed by atoms with Crippen LogP contribution in [0.1, 0.15) is 136 Å². The molecule has 7 atom stereocenters. The Morgan fingerprint density at radius 2 is 1.32 bits per heavy atom. The van der Waals surface area contributed by atoms with Crippen molar-refractivity contribution in [3.8, 4) is 0 Å². The predicted molar refractivity (Wildman–Crippen MR) is 237 cm³/mol. The van der Waals surface area contributed by atoms with Crippen LogP contribution < -0.4 is 33.2 Å². The molecule has 0 aliphatic carbocycles. The number of nitrogens with one attached hydrogen (secondary N) is 3. The highest BCUT2D eigenvalue weighted by Crippen LogP contribution is 2.19. The Kier molecular flexibility index (Phi) is 28.7. The quantitative estimate of drug-likeness (QED) is 0.0278. The van der Waals surface area contributed by atoms with Crippen LogP contribution in [0, 0.1) is 17.8 Å². The molecule has 0 aliphatic heterocycles. The van der Waals surface area contributed by atoms with E-state index in [1.807, 2.05) is 30.3 Å². The SMILES string of the molecule is CCCCCCCCCCCCOCCC(N)C(=O)N[C@H](C(=O)N[C@H](C(=O)C[C@@H](Cc1ccccc1)C(=O)N[C@@H](CCCN=C(N)N)C(=O)C[C@H](C)CO)C(C)C)[C@@H](C)O. The van der Waals surface area contributed by atoms with E-state index in [0.29, 0.717) is 13.0 Å². The largest absolute Gasteiger partial charge is 0.396 e. The number of nitrogens with zero attached hydrogens (tertiary/aromatic N) is 1. The first-order valence-electron chi connectivity index (χ1n) is 22.3. The molecule has 15 heteroatoms. The van der Waals surface area contributed by atoms with Gasteiger partial charge in [0.05, 0.1) is 24.2 Å². The van der Waals surface area contributed by atoms with Crippen molar-refractivity contribution >= 4 is 35.2 Å². The topological polar surface area (TPSA) is 262 Å². The number of aliphatic hydroxyl groups is 2. The lowest BCUT2D eigenvalue weighted by Gasteiger charge is -2.28. The molecule has 0 saturated carbocycles. The summed E-state index contributed by atoms with van der Waals surface area (Å²) >= 11 is 0. The fourth-order valence-corrected chi connectivity index (χ4v) is 6.85. The highest BCUT2D eigenvalue weighted by Gasteiger charge is 2.35. The minimum atomic E-state index is -1.40. The van der Waals surface area contributed by atoms with Gasteiger partial charge in [0.2, 0.25) is 17.7 Å². The van der Waals surface area contributed by atoms with E-state index in [1.165, 1.54) is 58.3 Å². The number of aliphatic hydroxyl groups excluding tert-OH is 2. The number of benzene rings is 1. The third kappa shape index (κ3) is 23.8. The predicted octanol–water partition coefficient (Wildman–Crippen LogP) is 3.59. The van der Waals surface area contributed by atoms with E-state index in [2.05, 4.69) is 27.9 Å². The van der Waals surface area contributed by atoms with Crippen LogP contribution in [0.25, 0.3) is 0 Å². The zero-order chi connectivity index (χ0) is 44.9. The van der Waals surface area contributed by atoms with Crippen molar-refractivity contribution in [3.63, 3.8) is 0 Å². The third-order valence-corrected chi connectivity index (χ3v) is 10.6. The number of carbonyl (C=O) groups excluding carboxylic acids is 5.